The normalized spacial score (nSPS) is 27.3. The molecule has 0 aromatic rings. The molecule has 0 aromatic heterocycles. The van der Waals surface area contributed by atoms with Crippen LogP contribution in [0.4, 0.5) is 0 Å². The molecule has 0 aromatic carbocycles. The van der Waals surface area contributed by atoms with E-state index in [1.807, 2.05) is 0 Å². The third kappa shape index (κ3) is 2.77. The van der Waals surface area contributed by atoms with Crippen molar-refractivity contribution in [2.45, 2.75) is 26.0 Å². The topological polar surface area (TPSA) is 35.5 Å². The maximum Gasteiger partial charge on any atom is 0.120 e. The highest BCUT2D eigenvalue weighted by atomic mass is 16.3. The number of β-amino-alcohol motifs (C(OH)–C–C–N with tert-alkyl or cyclic N) is 1. The molecule has 2 N–H and O–H groups in total. The summed E-state index contributed by atoms with van der Waals surface area (Å²) in [4.78, 5) is 2.14. The van der Waals surface area contributed by atoms with Crippen LogP contribution in [0, 0.1) is 0 Å². The van der Waals surface area contributed by atoms with E-state index in [9.17, 15) is 5.11 Å². The van der Waals surface area contributed by atoms with Gasteiger partial charge in [0.15, 0.2) is 0 Å². The minimum Gasteiger partial charge on any atom is -0.377 e. The molecule has 66 valence electrons. The SMILES string of the molecule is CCCCN1CCNCC1O. The zero-order valence-electron chi connectivity index (χ0n) is 7.21. The van der Waals surface area contributed by atoms with Crippen LogP contribution in [0.25, 0.3) is 0 Å². The van der Waals surface area contributed by atoms with Gasteiger partial charge in [-0.2, -0.15) is 0 Å². The quantitative estimate of drug-likeness (QED) is 0.607. The van der Waals surface area contributed by atoms with E-state index in [1.54, 1.807) is 0 Å². The largest absolute Gasteiger partial charge is 0.377 e. The number of piperazine rings is 1. The summed E-state index contributed by atoms with van der Waals surface area (Å²) in [5, 5.41) is 12.6. The van der Waals surface area contributed by atoms with E-state index in [0.717, 1.165) is 26.2 Å². The Balaban J connectivity index is 2.18. The average molecular weight is 158 g/mol. The molecule has 1 fully saturated rings. The van der Waals surface area contributed by atoms with E-state index in [-0.39, 0.29) is 6.23 Å². The van der Waals surface area contributed by atoms with Crippen molar-refractivity contribution in [3.63, 3.8) is 0 Å². The van der Waals surface area contributed by atoms with Crippen LogP contribution >= 0.6 is 0 Å². The maximum atomic E-state index is 9.46. The lowest BCUT2D eigenvalue weighted by molar-refractivity contribution is -0.0130. The average Bonchev–Trinajstić information content (AvgIpc) is 2.03. The number of nitrogens with one attached hydrogen (secondary N) is 1. The first-order chi connectivity index (χ1) is 5.34. The third-order valence-corrected chi connectivity index (χ3v) is 2.12. The molecule has 0 saturated carbocycles. The molecule has 1 unspecified atom stereocenters. The van der Waals surface area contributed by atoms with Crippen molar-refractivity contribution in [2.24, 2.45) is 0 Å². The fourth-order valence-electron chi connectivity index (χ4n) is 1.35. The van der Waals surface area contributed by atoms with Crippen molar-refractivity contribution in [2.75, 3.05) is 26.2 Å². The number of aliphatic hydroxyl groups is 1. The van der Waals surface area contributed by atoms with Crippen LogP contribution in [-0.2, 0) is 0 Å². The van der Waals surface area contributed by atoms with Gasteiger partial charge < -0.3 is 10.4 Å². The first-order valence-electron chi connectivity index (χ1n) is 4.47. The summed E-state index contributed by atoms with van der Waals surface area (Å²) in [7, 11) is 0. The minimum atomic E-state index is -0.254. The van der Waals surface area contributed by atoms with Gasteiger partial charge in [-0.3, -0.25) is 4.90 Å². The molecule has 0 aliphatic carbocycles. The molecule has 3 nitrogen and oxygen atoms in total. The number of rotatable bonds is 3. The summed E-state index contributed by atoms with van der Waals surface area (Å²) < 4.78 is 0. The van der Waals surface area contributed by atoms with E-state index in [2.05, 4.69) is 17.1 Å². The second-order valence-electron chi connectivity index (χ2n) is 3.07. The van der Waals surface area contributed by atoms with Crippen molar-refractivity contribution >= 4 is 0 Å². The molecule has 1 aliphatic rings. The molecular weight excluding hydrogens is 140 g/mol. The first kappa shape index (κ1) is 8.97. The molecule has 3 heteroatoms. The van der Waals surface area contributed by atoms with Gasteiger partial charge >= 0.3 is 0 Å². The number of hydrogen-bond acceptors (Lipinski definition) is 3. The molecule has 1 aliphatic heterocycles. The Morgan fingerprint density at radius 3 is 3.09 bits per heavy atom. The lowest BCUT2D eigenvalue weighted by Gasteiger charge is -2.32. The molecule has 0 spiro atoms. The minimum absolute atomic E-state index is 0.254. The van der Waals surface area contributed by atoms with Gasteiger partial charge in [0.1, 0.15) is 6.23 Å². The smallest absolute Gasteiger partial charge is 0.120 e. The van der Waals surface area contributed by atoms with Crippen LogP contribution in [0.3, 0.4) is 0 Å². The molecule has 1 saturated heterocycles. The van der Waals surface area contributed by atoms with E-state index in [1.165, 1.54) is 12.8 Å². The van der Waals surface area contributed by atoms with Crippen molar-refractivity contribution < 1.29 is 5.11 Å². The van der Waals surface area contributed by atoms with Gasteiger partial charge in [0.2, 0.25) is 0 Å². The van der Waals surface area contributed by atoms with Crippen LogP contribution in [0.2, 0.25) is 0 Å². The number of unbranched alkanes of at least 4 members (excludes halogenated alkanes) is 1. The van der Waals surface area contributed by atoms with Crippen LogP contribution in [0.15, 0.2) is 0 Å². The monoisotopic (exact) mass is 158 g/mol. The Kier molecular flexibility index (Phi) is 3.83. The highest BCUT2D eigenvalue weighted by Crippen LogP contribution is 2.01. The second kappa shape index (κ2) is 4.70. The number of aliphatic hydroxyl groups excluding tert-OH is 1. The van der Waals surface area contributed by atoms with Crippen LogP contribution in [0.1, 0.15) is 19.8 Å². The highest BCUT2D eigenvalue weighted by Gasteiger charge is 2.17. The predicted octanol–water partition coefficient (Wildman–Crippen LogP) is 0.0101. The van der Waals surface area contributed by atoms with E-state index < -0.39 is 0 Å². The maximum absolute atomic E-state index is 9.46. The summed E-state index contributed by atoms with van der Waals surface area (Å²) in [6, 6.07) is 0. The number of hydrogen-bond donors (Lipinski definition) is 2. The Morgan fingerprint density at radius 1 is 1.64 bits per heavy atom. The summed E-state index contributed by atoms with van der Waals surface area (Å²) in [6.45, 7) is 5.94. The van der Waals surface area contributed by atoms with E-state index in [0.29, 0.717) is 0 Å². The Bertz CT molecular complexity index is 108. The van der Waals surface area contributed by atoms with Gasteiger partial charge in [-0.15, -0.1) is 0 Å². The first-order valence-corrected chi connectivity index (χ1v) is 4.47. The van der Waals surface area contributed by atoms with Crippen molar-refractivity contribution in [1.29, 1.82) is 0 Å². The molecule has 1 atom stereocenters. The number of nitrogens with zero attached hydrogens (tertiary/aromatic N) is 1. The standard InChI is InChI=1S/C8H18N2O/c1-2-3-5-10-6-4-9-7-8(10)11/h8-9,11H,2-7H2,1H3. The molecule has 11 heavy (non-hydrogen) atoms. The Labute approximate surface area is 68.4 Å². The summed E-state index contributed by atoms with van der Waals surface area (Å²) in [5.74, 6) is 0. The summed E-state index contributed by atoms with van der Waals surface area (Å²) >= 11 is 0. The van der Waals surface area contributed by atoms with E-state index >= 15 is 0 Å². The van der Waals surface area contributed by atoms with Crippen molar-refractivity contribution in [3.05, 3.63) is 0 Å². The summed E-state index contributed by atoms with van der Waals surface area (Å²) in [6.07, 6.45) is 2.14. The fourth-order valence-corrected chi connectivity index (χ4v) is 1.35. The lowest BCUT2D eigenvalue weighted by Crippen LogP contribution is -2.51. The zero-order chi connectivity index (χ0) is 8.10. The summed E-state index contributed by atoms with van der Waals surface area (Å²) in [5.41, 5.74) is 0. The van der Waals surface area contributed by atoms with Gasteiger partial charge in [-0.25, -0.2) is 0 Å². The van der Waals surface area contributed by atoms with Gasteiger partial charge in [0, 0.05) is 26.2 Å². The van der Waals surface area contributed by atoms with Gasteiger partial charge in [-0.1, -0.05) is 13.3 Å². The van der Waals surface area contributed by atoms with Gasteiger partial charge in [0.25, 0.3) is 0 Å². The molecular formula is C8H18N2O. The van der Waals surface area contributed by atoms with E-state index in [4.69, 9.17) is 0 Å². The predicted molar refractivity (Wildman–Crippen MR) is 45.4 cm³/mol. The second-order valence-corrected chi connectivity index (χ2v) is 3.07. The van der Waals surface area contributed by atoms with Crippen LogP contribution < -0.4 is 5.32 Å². The Hall–Kier alpha value is -0.120. The van der Waals surface area contributed by atoms with Crippen LogP contribution in [-0.4, -0.2) is 42.4 Å². The Morgan fingerprint density at radius 2 is 2.45 bits per heavy atom. The molecule has 0 radical (unpaired) electrons. The van der Waals surface area contributed by atoms with Gasteiger partial charge in [0.05, 0.1) is 0 Å². The molecule has 1 heterocycles. The van der Waals surface area contributed by atoms with Crippen molar-refractivity contribution in [3.8, 4) is 0 Å². The third-order valence-electron chi connectivity index (χ3n) is 2.12. The highest BCUT2D eigenvalue weighted by molar-refractivity contribution is 4.70. The fraction of sp³-hybridized carbons (Fsp3) is 1.00. The molecule has 1 rings (SSSR count). The van der Waals surface area contributed by atoms with Crippen LogP contribution in [0.5, 0.6) is 0 Å². The molecule has 0 bridgehead atoms. The van der Waals surface area contributed by atoms with Crippen molar-refractivity contribution in [1.82, 2.24) is 10.2 Å². The zero-order valence-corrected chi connectivity index (χ0v) is 7.21. The molecule has 0 amide bonds. The lowest BCUT2D eigenvalue weighted by atomic mass is 10.2. The van der Waals surface area contributed by atoms with Gasteiger partial charge in [-0.05, 0) is 6.42 Å².